The van der Waals surface area contributed by atoms with Gasteiger partial charge in [-0.2, -0.15) is 0 Å². The number of quaternary nitrogens is 1. The molecular formula is C5H12N2O3. The van der Waals surface area contributed by atoms with Gasteiger partial charge in [0, 0.05) is 0 Å². The molecule has 0 aromatic carbocycles. The number of nitrogens with two attached hydrogens (primary N) is 1. The average molecular weight is 148 g/mol. The van der Waals surface area contributed by atoms with Gasteiger partial charge in [0.05, 0.1) is 18.2 Å². The molecule has 0 aliphatic carbocycles. The molecule has 0 saturated carbocycles. The van der Waals surface area contributed by atoms with Gasteiger partial charge in [-0.05, 0) is 19.3 Å². The van der Waals surface area contributed by atoms with Crippen molar-refractivity contribution in [1.82, 2.24) is 0 Å². The third kappa shape index (κ3) is 10.2. The Labute approximate surface area is 59.2 Å². The normalized spacial score (nSPS) is 16.8. The van der Waals surface area contributed by atoms with Crippen molar-refractivity contribution < 1.29 is 10.4 Å². The Kier molecular flexibility index (Phi) is 5.75. The molecule has 0 atom stereocenters. The van der Waals surface area contributed by atoms with Crippen LogP contribution in [0.3, 0.4) is 0 Å². The van der Waals surface area contributed by atoms with Crippen LogP contribution in [0.15, 0.2) is 0 Å². The molecule has 0 aromatic heterocycles. The van der Waals surface area contributed by atoms with Crippen molar-refractivity contribution in [2.24, 2.45) is 0 Å². The average Bonchev–Trinajstić information content (AvgIpc) is 1.90. The van der Waals surface area contributed by atoms with E-state index in [1.165, 1.54) is 32.4 Å². The van der Waals surface area contributed by atoms with E-state index in [4.69, 9.17) is 15.3 Å². The molecular weight excluding hydrogens is 136 g/mol. The molecule has 1 aliphatic heterocycles. The molecule has 5 nitrogen and oxygen atoms in total. The van der Waals surface area contributed by atoms with E-state index in [1.54, 1.807) is 0 Å². The maximum absolute atomic E-state index is 8.25. The Bertz CT molecular complexity index is 77.4. The second-order valence-electron chi connectivity index (χ2n) is 2.15. The number of hydrogen-bond donors (Lipinski definition) is 1. The largest absolute Gasteiger partial charge is 0.356 e. The maximum Gasteiger partial charge on any atom is 0.0755 e. The predicted octanol–water partition coefficient (Wildman–Crippen LogP) is -0.505. The van der Waals surface area contributed by atoms with E-state index in [9.17, 15) is 0 Å². The summed E-state index contributed by atoms with van der Waals surface area (Å²) in [7, 11) is 0. The van der Waals surface area contributed by atoms with Crippen LogP contribution in [0.25, 0.3) is 0 Å². The first-order chi connectivity index (χ1) is 4.73. The summed E-state index contributed by atoms with van der Waals surface area (Å²) in [6.07, 6.45) is 4.36. The lowest BCUT2D eigenvalue weighted by Gasteiger charge is -2.05. The molecule has 0 bridgehead atoms. The van der Waals surface area contributed by atoms with Crippen LogP contribution >= 0.6 is 0 Å². The minimum Gasteiger partial charge on any atom is -0.356 e. The molecule has 0 unspecified atom stereocenters. The van der Waals surface area contributed by atoms with E-state index >= 15 is 0 Å². The van der Waals surface area contributed by atoms with E-state index in [0.717, 1.165) is 0 Å². The molecule has 1 aliphatic rings. The van der Waals surface area contributed by atoms with Crippen LogP contribution < -0.4 is 5.32 Å². The van der Waals surface area contributed by atoms with Gasteiger partial charge in [-0.25, -0.2) is 0 Å². The van der Waals surface area contributed by atoms with Gasteiger partial charge in [0.1, 0.15) is 0 Å². The zero-order valence-electron chi connectivity index (χ0n) is 5.78. The summed E-state index contributed by atoms with van der Waals surface area (Å²) in [5.74, 6) is 0. The van der Waals surface area contributed by atoms with Crippen LogP contribution in [0, 0.1) is 15.3 Å². The van der Waals surface area contributed by atoms with Crippen LogP contribution in [0.4, 0.5) is 0 Å². The topological polar surface area (TPSA) is 82.8 Å². The second-order valence-corrected chi connectivity index (χ2v) is 2.15. The van der Waals surface area contributed by atoms with Gasteiger partial charge in [0.2, 0.25) is 0 Å². The van der Waals surface area contributed by atoms with Crippen molar-refractivity contribution in [2.45, 2.75) is 19.3 Å². The summed E-state index contributed by atoms with van der Waals surface area (Å²) < 4.78 is 0. The van der Waals surface area contributed by atoms with Crippen molar-refractivity contribution in [3.05, 3.63) is 15.3 Å². The van der Waals surface area contributed by atoms with Crippen LogP contribution in [0.2, 0.25) is 0 Å². The van der Waals surface area contributed by atoms with Gasteiger partial charge < -0.3 is 20.6 Å². The second kappa shape index (κ2) is 6.28. The number of nitrogens with zero attached hydrogens (tertiary/aromatic N) is 1. The zero-order chi connectivity index (χ0) is 7.82. The highest BCUT2D eigenvalue weighted by atomic mass is 16.9. The minimum absolute atomic E-state index is 1.38. The van der Waals surface area contributed by atoms with Gasteiger partial charge in [-0.1, -0.05) is 0 Å². The van der Waals surface area contributed by atoms with Gasteiger partial charge in [0.25, 0.3) is 0 Å². The lowest BCUT2D eigenvalue weighted by Crippen LogP contribution is -2.85. The Morgan fingerprint density at radius 3 is 1.60 bits per heavy atom. The highest BCUT2D eigenvalue weighted by molar-refractivity contribution is 4.40. The van der Waals surface area contributed by atoms with Crippen molar-refractivity contribution in [3.8, 4) is 0 Å². The molecule has 0 amide bonds. The number of piperidine rings is 1. The Morgan fingerprint density at radius 1 is 1.10 bits per heavy atom. The molecule has 0 radical (unpaired) electrons. The van der Waals surface area contributed by atoms with Gasteiger partial charge in [-0.15, -0.1) is 0 Å². The molecule has 5 heteroatoms. The first kappa shape index (κ1) is 9.16. The maximum atomic E-state index is 8.25. The highest BCUT2D eigenvalue weighted by Gasteiger charge is 1.97. The molecule has 2 N–H and O–H groups in total. The predicted molar refractivity (Wildman–Crippen MR) is 35.9 cm³/mol. The molecule has 0 spiro atoms. The van der Waals surface area contributed by atoms with E-state index in [-0.39, 0.29) is 0 Å². The van der Waals surface area contributed by atoms with Gasteiger partial charge >= 0.3 is 0 Å². The first-order valence-corrected chi connectivity index (χ1v) is 3.36. The van der Waals surface area contributed by atoms with Gasteiger partial charge in [-0.3, -0.25) is 0 Å². The summed E-state index contributed by atoms with van der Waals surface area (Å²) >= 11 is 0. The zero-order valence-corrected chi connectivity index (χ0v) is 5.78. The van der Waals surface area contributed by atoms with Crippen LogP contribution in [-0.2, 0) is 0 Å². The summed E-state index contributed by atoms with van der Waals surface area (Å²) in [6.45, 7) is 2.75. The van der Waals surface area contributed by atoms with Crippen molar-refractivity contribution in [3.63, 3.8) is 0 Å². The Hall–Kier alpha value is -0.840. The summed E-state index contributed by atoms with van der Waals surface area (Å²) in [5.41, 5.74) is 0. The van der Waals surface area contributed by atoms with E-state index < -0.39 is 5.09 Å². The van der Waals surface area contributed by atoms with Crippen molar-refractivity contribution >= 4 is 0 Å². The third-order valence-electron chi connectivity index (χ3n) is 1.32. The molecule has 1 fully saturated rings. The fourth-order valence-electron chi connectivity index (χ4n) is 0.898. The molecule has 1 rings (SSSR count). The summed E-state index contributed by atoms with van der Waals surface area (Å²) in [4.78, 5) is 8.25. The Morgan fingerprint density at radius 2 is 1.50 bits per heavy atom. The Balaban J connectivity index is 0.000000180. The van der Waals surface area contributed by atoms with E-state index in [1.807, 2.05) is 0 Å². The van der Waals surface area contributed by atoms with E-state index in [0.29, 0.717) is 0 Å². The van der Waals surface area contributed by atoms with Crippen LogP contribution in [0.1, 0.15) is 19.3 Å². The van der Waals surface area contributed by atoms with Gasteiger partial charge in [0.15, 0.2) is 0 Å². The monoisotopic (exact) mass is 148 g/mol. The standard InChI is InChI=1S/C5H11N.NO3/c1-2-4-6-5-3-1;2-1(3)4/h6H,1-5H2;/q;-1/p+1. The third-order valence-corrected chi connectivity index (χ3v) is 1.32. The minimum atomic E-state index is -1.75. The SMILES string of the molecule is C1CC[NH2+]CC1.O=[N+]([O-])[O-]. The fourth-order valence-corrected chi connectivity index (χ4v) is 0.898. The smallest absolute Gasteiger partial charge is 0.0755 e. The first-order valence-electron chi connectivity index (χ1n) is 3.36. The summed E-state index contributed by atoms with van der Waals surface area (Å²) in [5, 5.41) is 17.1. The molecule has 0 aromatic rings. The molecule has 10 heavy (non-hydrogen) atoms. The molecule has 1 heterocycles. The van der Waals surface area contributed by atoms with Crippen molar-refractivity contribution in [1.29, 1.82) is 0 Å². The lowest BCUT2D eigenvalue weighted by atomic mass is 10.2. The van der Waals surface area contributed by atoms with E-state index in [2.05, 4.69) is 5.32 Å². The fraction of sp³-hybridized carbons (Fsp3) is 1.00. The molecule has 60 valence electrons. The lowest BCUT2D eigenvalue weighted by molar-refractivity contribution is -0.662. The molecule has 1 saturated heterocycles. The summed E-state index contributed by atoms with van der Waals surface area (Å²) in [6, 6.07) is 0. The number of hydrogen-bond acceptors (Lipinski definition) is 3. The highest BCUT2D eigenvalue weighted by Crippen LogP contribution is 1.91. The number of rotatable bonds is 0. The van der Waals surface area contributed by atoms with Crippen LogP contribution in [0.5, 0.6) is 0 Å². The quantitative estimate of drug-likeness (QED) is 0.371. The van der Waals surface area contributed by atoms with Crippen LogP contribution in [-0.4, -0.2) is 18.2 Å². The van der Waals surface area contributed by atoms with Crippen molar-refractivity contribution in [2.75, 3.05) is 13.1 Å².